The molecule has 0 radical (unpaired) electrons. The molecule has 8 rings (SSSR count). The molecular weight excluding hydrogens is 1260 g/mol. The standard InChI is InChI=1S/C37H56O4.C27H40O4.C25H36O4/c1-7-27-25-32(34(38-5)28-15-11-9-12-16-28)36(33(26-27)35(39-6)29-17-13-10-14-18-29)41-24-23-40-31-21-19-30(20-22-31)37(3,4)8-2;1-10-20(3)21-11-13-22(14-12-21)30-15-16-31-25-23(26(4,5)28-8)17-19(2)18-24(25)27(6,7)29-9;1-8-18(3)21-9-11-22(12-10-21)28-13-14-29-25-23(19(4)26-6)15-17(2)16-24(25)20(5)27-7/h19-22,25-26,28-29,34-35H,7-18,23-24H2,1-6H3;11-14,17-18,20H,10,15-16H2,1-9H3;9-12,15-16,18-20H,8,13-14H2,1-7H3. The molecule has 0 aliphatic heterocycles. The van der Waals surface area contributed by atoms with Gasteiger partial charge in [-0.1, -0.05) is 141 Å². The zero-order valence-corrected chi connectivity index (χ0v) is 66.6. The van der Waals surface area contributed by atoms with Gasteiger partial charge in [0.15, 0.2) is 0 Å². The molecule has 560 valence electrons. The highest BCUT2D eigenvalue weighted by molar-refractivity contribution is 5.51. The topological polar surface area (TPSA) is 111 Å². The van der Waals surface area contributed by atoms with Gasteiger partial charge >= 0.3 is 0 Å². The SMILES string of the molecule is CCC(C)c1ccc(OCCOc2c(C(C)(C)OC)cc(C)cc2C(C)(C)OC)cc1.CCC(C)c1ccc(OCCOc2c(C(C)OC)cc(C)cc2C(C)OC)cc1.CCc1cc(C(OC)C2CCCCC2)c(OCCOc2ccc(C(C)(C)CC)cc2)c(C(OC)C2CCCCC2)c1. The fraction of sp³-hybridized carbons (Fsp3) is 0.596. The smallest absolute Gasteiger partial charge is 0.131 e. The molecule has 2 saturated carbocycles. The Morgan fingerprint density at radius 1 is 0.386 bits per heavy atom. The minimum Gasteiger partial charge on any atom is -0.490 e. The van der Waals surface area contributed by atoms with Crippen LogP contribution in [0.4, 0.5) is 0 Å². The summed E-state index contributed by atoms with van der Waals surface area (Å²) in [6.45, 7) is 37.1. The molecular formula is C89H132O12. The maximum Gasteiger partial charge on any atom is 0.131 e. The molecule has 2 fully saturated rings. The van der Waals surface area contributed by atoms with Gasteiger partial charge in [-0.2, -0.15) is 0 Å². The van der Waals surface area contributed by atoms with Crippen LogP contribution in [0.3, 0.4) is 0 Å². The monoisotopic (exact) mass is 1390 g/mol. The van der Waals surface area contributed by atoms with Gasteiger partial charge in [-0.3, -0.25) is 0 Å². The summed E-state index contributed by atoms with van der Waals surface area (Å²) < 4.78 is 72.5. The third-order valence-electron chi connectivity index (χ3n) is 21.8. The second-order valence-electron chi connectivity index (χ2n) is 29.8. The summed E-state index contributed by atoms with van der Waals surface area (Å²) in [6, 6.07) is 38.5. The lowest BCUT2D eigenvalue weighted by Crippen LogP contribution is -2.27. The summed E-state index contributed by atoms with van der Waals surface area (Å²) in [5, 5.41) is 0. The molecule has 12 heteroatoms. The first kappa shape index (κ1) is 83.8. The van der Waals surface area contributed by atoms with Crippen LogP contribution in [0.25, 0.3) is 0 Å². The average Bonchev–Trinajstić information content (AvgIpc) is 0.784. The maximum atomic E-state index is 6.75. The Balaban J connectivity index is 0.000000243. The minimum atomic E-state index is -0.493. The van der Waals surface area contributed by atoms with Crippen LogP contribution in [0.2, 0.25) is 0 Å². The number of aryl methyl sites for hydroxylation is 3. The van der Waals surface area contributed by atoms with E-state index in [4.69, 9.17) is 56.8 Å². The lowest BCUT2D eigenvalue weighted by Gasteiger charge is -2.34. The van der Waals surface area contributed by atoms with Gasteiger partial charge in [0.25, 0.3) is 0 Å². The van der Waals surface area contributed by atoms with Gasteiger partial charge in [0, 0.05) is 76.0 Å². The van der Waals surface area contributed by atoms with Crippen molar-refractivity contribution in [2.45, 2.75) is 254 Å². The number of hydrogen-bond acceptors (Lipinski definition) is 12. The van der Waals surface area contributed by atoms with Gasteiger partial charge in [0.2, 0.25) is 0 Å². The van der Waals surface area contributed by atoms with Crippen molar-refractivity contribution in [3.05, 3.63) is 176 Å². The first-order valence-corrected chi connectivity index (χ1v) is 38.1. The Hall–Kier alpha value is -6.12. The van der Waals surface area contributed by atoms with Crippen LogP contribution < -0.4 is 28.4 Å². The van der Waals surface area contributed by atoms with E-state index >= 15 is 0 Å². The molecule has 6 aromatic carbocycles. The molecule has 0 N–H and O–H groups in total. The Labute approximate surface area is 611 Å². The van der Waals surface area contributed by atoms with E-state index in [1.165, 1.54) is 97.6 Å². The molecule has 0 aromatic heterocycles. The minimum absolute atomic E-state index is 0.0368. The van der Waals surface area contributed by atoms with E-state index in [9.17, 15) is 0 Å². The molecule has 6 atom stereocenters. The summed E-state index contributed by atoms with van der Waals surface area (Å²) >= 11 is 0. The van der Waals surface area contributed by atoms with Crippen molar-refractivity contribution in [3.63, 3.8) is 0 Å². The second-order valence-corrected chi connectivity index (χ2v) is 29.8. The highest BCUT2D eigenvalue weighted by atomic mass is 16.5. The lowest BCUT2D eigenvalue weighted by molar-refractivity contribution is 0.00821. The molecule has 0 spiro atoms. The van der Waals surface area contributed by atoms with Gasteiger partial charge in [0.1, 0.15) is 74.1 Å². The number of methoxy groups -OCH3 is 6. The van der Waals surface area contributed by atoms with Crippen molar-refractivity contribution in [1.82, 2.24) is 0 Å². The van der Waals surface area contributed by atoms with Gasteiger partial charge in [-0.15, -0.1) is 0 Å². The molecule has 6 aromatic rings. The van der Waals surface area contributed by atoms with Crippen molar-refractivity contribution in [2.75, 3.05) is 82.3 Å². The Morgan fingerprint density at radius 2 is 0.723 bits per heavy atom. The summed E-state index contributed by atoms with van der Waals surface area (Å²) in [5.41, 5.74) is 13.3. The highest BCUT2D eigenvalue weighted by Crippen LogP contribution is 2.48. The van der Waals surface area contributed by atoms with Gasteiger partial charge in [-0.25, -0.2) is 0 Å². The van der Waals surface area contributed by atoms with E-state index in [0.717, 1.165) is 93.6 Å². The first-order valence-electron chi connectivity index (χ1n) is 38.1. The first-order chi connectivity index (χ1) is 48.4. The summed E-state index contributed by atoms with van der Waals surface area (Å²) in [7, 11) is 10.6. The van der Waals surface area contributed by atoms with Crippen LogP contribution in [0.15, 0.2) is 109 Å². The lowest BCUT2D eigenvalue weighted by atomic mass is 9.79. The predicted molar refractivity (Wildman–Crippen MR) is 415 cm³/mol. The van der Waals surface area contributed by atoms with Crippen molar-refractivity contribution >= 4 is 0 Å². The summed E-state index contributed by atoms with van der Waals surface area (Å²) in [5.74, 6) is 7.38. The van der Waals surface area contributed by atoms with E-state index in [1.807, 2.05) is 80.0 Å². The van der Waals surface area contributed by atoms with Crippen LogP contribution in [0.5, 0.6) is 34.5 Å². The largest absolute Gasteiger partial charge is 0.490 e. The molecule has 12 nitrogen and oxygen atoms in total. The predicted octanol–water partition coefficient (Wildman–Crippen LogP) is 23.0. The second kappa shape index (κ2) is 41.4. The van der Waals surface area contributed by atoms with Crippen LogP contribution in [-0.2, 0) is 51.5 Å². The van der Waals surface area contributed by atoms with E-state index in [0.29, 0.717) is 63.3 Å². The molecule has 2 aliphatic rings. The Morgan fingerprint density at radius 3 is 1.05 bits per heavy atom. The third-order valence-corrected chi connectivity index (χ3v) is 21.8. The molecule has 0 amide bonds. The Bertz CT molecular complexity index is 3220. The molecule has 0 saturated heterocycles. The normalized spacial score (nSPS) is 15.7. The highest BCUT2D eigenvalue weighted by Gasteiger charge is 2.35. The number of rotatable bonds is 36. The zero-order chi connectivity index (χ0) is 73.9. The van der Waals surface area contributed by atoms with Crippen molar-refractivity contribution in [2.24, 2.45) is 11.8 Å². The van der Waals surface area contributed by atoms with Crippen LogP contribution in [0.1, 0.15) is 283 Å². The average molecular weight is 1390 g/mol. The molecule has 6 unspecified atom stereocenters. The summed E-state index contributed by atoms with van der Waals surface area (Å²) in [6.07, 6.45) is 17.0. The maximum absolute atomic E-state index is 6.75. The molecule has 2 aliphatic carbocycles. The van der Waals surface area contributed by atoms with E-state index in [-0.39, 0.29) is 29.8 Å². The van der Waals surface area contributed by atoms with Crippen LogP contribution in [0, 0.1) is 25.7 Å². The molecule has 0 heterocycles. The third kappa shape index (κ3) is 24.0. The van der Waals surface area contributed by atoms with Gasteiger partial charge in [-0.05, 0) is 231 Å². The molecule has 101 heavy (non-hydrogen) atoms. The number of hydrogen-bond donors (Lipinski definition) is 0. The van der Waals surface area contributed by atoms with E-state index < -0.39 is 11.2 Å². The number of benzene rings is 6. The van der Waals surface area contributed by atoms with Crippen molar-refractivity contribution in [3.8, 4) is 34.5 Å². The number of ether oxygens (including phenoxy) is 12. The van der Waals surface area contributed by atoms with Gasteiger partial charge < -0.3 is 56.8 Å². The molecule has 0 bridgehead atoms. The summed E-state index contributed by atoms with van der Waals surface area (Å²) in [4.78, 5) is 0. The van der Waals surface area contributed by atoms with Gasteiger partial charge in [0.05, 0.1) is 35.6 Å². The van der Waals surface area contributed by atoms with E-state index in [1.54, 1.807) is 28.4 Å². The quantitative estimate of drug-likeness (QED) is 0.0349. The fourth-order valence-electron chi connectivity index (χ4n) is 13.8. The van der Waals surface area contributed by atoms with Crippen molar-refractivity contribution in [1.29, 1.82) is 0 Å². The van der Waals surface area contributed by atoms with Crippen LogP contribution in [-0.4, -0.2) is 82.3 Å². The van der Waals surface area contributed by atoms with Crippen molar-refractivity contribution < 1.29 is 56.8 Å². The fourth-order valence-corrected chi connectivity index (χ4v) is 13.8. The van der Waals surface area contributed by atoms with E-state index in [2.05, 4.69) is 154 Å². The zero-order valence-electron chi connectivity index (χ0n) is 66.6. The van der Waals surface area contributed by atoms with Crippen LogP contribution >= 0.6 is 0 Å². The Kier molecular flexibility index (Phi) is 34.4.